The predicted molar refractivity (Wildman–Crippen MR) is 83.4 cm³/mol. The Morgan fingerprint density at radius 3 is 2.75 bits per heavy atom. The standard InChI is InChI=1S/C17H17N3/c1-3-13-6-4-5-7-15(13)20-17-14-10-12(2)8-9-16(14)18-11-19-17/h4-11H,3H2,1-2H3,(H,18,19,20). The van der Waals surface area contributed by atoms with Crippen molar-refractivity contribution in [3.63, 3.8) is 0 Å². The monoisotopic (exact) mass is 263 g/mol. The largest absolute Gasteiger partial charge is 0.339 e. The molecule has 0 fully saturated rings. The van der Waals surface area contributed by atoms with Crippen LogP contribution in [0.15, 0.2) is 48.8 Å². The van der Waals surface area contributed by atoms with Crippen LogP contribution in [-0.4, -0.2) is 9.97 Å². The van der Waals surface area contributed by atoms with E-state index in [9.17, 15) is 0 Å². The number of nitrogens with one attached hydrogen (secondary N) is 1. The van der Waals surface area contributed by atoms with E-state index in [4.69, 9.17) is 0 Å². The highest BCUT2D eigenvalue weighted by Crippen LogP contribution is 2.25. The van der Waals surface area contributed by atoms with Gasteiger partial charge >= 0.3 is 0 Å². The van der Waals surface area contributed by atoms with E-state index in [2.05, 4.69) is 59.5 Å². The number of para-hydroxylation sites is 1. The molecule has 0 amide bonds. The van der Waals surface area contributed by atoms with Gasteiger partial charge in [-0.3, -0.25) is 0 Å². The second-order valence-corrected chi connectivity index (χ2v) is 4.88. The van der Waals surface area contributed by atoms with Crippen molar-refractivity contribution in [2.24, 2.45) is 0 Å². The average Bonchev–Trinajstić information content (AvgIpc) is 2.48. The first-order chi connectivity index (χ1) is 9.78. The lowest BCUT2D eigenvalue weighted by Gasteiger charge is -2.12. The number of hydrogen-bond acceptors (Lipinski definition) is 3. The molecule has 0 radical (unpaired) electrons. The van der Waals surface area contributed by atoms with Gasteiger partial charge in [0.25, 0.3) is 0 Å². The van der Waals surface area contributed by atoms with Gasteiger partial charge in [0.2, 0.25) is 0 Å². The molecule has 0 atom stereocenters. The summed E-state index contributed by atoms with van der Waals surface area (Å²) in [6.07, 6.45) is 2.60. The lowest BCUT2D eigenvalue weighted by Crippen LogP contribution is -1.99. The number of fused-ring (bicyclic) bond motifs is 1. The number of aromatic nitrogens is 2. The first-order valence-corrected chi connectivity index (χ1v) is 6.84. The number of benzene rings is 2. The van der Waals surface area contributed by atoms with Crippen molar-refractivity contribution in [2.75, 3.05) is 5.32 Å². The summed E-state index contributed by atoms with van der Waals surface area (Å²) < 4.78 is 0. The summed E-state index contributed by atoms with van der Waals surface area (Å²) in [5.74, 6) is 0.861. The fourth-order valence-electron chi connectivity index (χ4n) is 2.35. The molecule has 0 saturated heterocycles. The molecule has 1 aromatic heterocycles. The second-order valence-electron chi connectivity index (χ2n) is 4.88. The Kier molecular flexibility index (Phi) is 3.33. The number of rotatable bonds is 3. The van der Waals surface area contributed by atoms with Crippen LogP contribution in [0.5, 0.6) is 0 Å². The normalized spacial score (nSPS) is 10.7. The third kappa shape index (κ3) is 2.35. The number of nitrogens with zero attached hydrogens (tertiary/aromatic N) is 2. The molecule has 3 heteroatoms. The molecule has 0 bridgehead atoms. The molecular formula is C17H17N3. The summed E-state index contributed by atoms with van der Waals surface area (Å²) in [4.78, 5) is 8.71. The molecule has 3 nitrogen and oxygen atoms in total. The molecule has 0 spiro atoms. The lowest BCUT2D eigenvalue weighted by molar-refractivity contribution is 1.13. The van der Waals surface area contributed by atoms with Crippen LogP contribution >= 0.6 is 0 Å². The molecule has 0 aliphatic heterocycles. The summed E-state index contributed by atoms with van der Waals surface area (Å²) in [6.45, 7) is 4.24. The minimum atomic E-state index is 0.861. The number of anilines is 2. The van der Waals surface area contributed by atoms with Crippen LogP contribution in [0.2, 0.25) is 0 Å². The van der Waals surface area contributed by atoms with E-state index in [0.29, 0.717) is 0 Å². The molecule has 0 saturated carbocycles. The molecular weight excluding hydrogens is 246 g/mol. The molecule has 0 aliphatic rings. The van der Waals surface area contributed by atoms with Gasteiger partial charge in [0.1, 0.15) is 12.1 Å². The van der Waals surface area contributed by atoms with Crippen molar-refractivity contribution in [1.82, 2.24) is 9.97 Å². The van der Waals surface area contributed by atoms with Gasteiger partial charge in [0.05, 0.1) is 5.52 Å². The van der Waals surface area contributed by atoms with Crippen LogP contribution in [0.3, 0.4) is 0 Å². The van der Waals surface area contributed by atoms with E-state index < -0.39 is 0 Å². The molecule has 1 N–H and O–H groups in total. The van der Waals surface area contributed by atoms with Crippen molar-refractivity contribution in [1.29, 1.82) is 0 Å². The maximum absolute atomic E-state index is 4.40. The van der Waals surface area contributed by atoms with Gasteiger partial charge in [0.15, 0.2) is 0 Å². The van der Waals surface area contributed by atoms with Crippen LogP contribution in [0.4, 0.5) is 11.5 Å². The van der Waals surface area contributed by atoms with Crippen LogP contribution in [0, 0.1) is 6.92 Å². The Hall–Kier alpha value is -2.42. The van der Waals surface area contributed by atoms with Crippen LogP contribution in [0.1, 0.15) is 18.1 Å². The minimum absolute atomic E-state index is 0.861. The molecule has 1 heterocycles. The molecule has 20 heavy (non-hydrogen) atoms. The molecule has 3 rings (SSSR count). The Labute approximate surface area is 118 Å². The number of aryl methyl sites for hydroxylation is 2. The first kappa shape index (κ1) is 12.6. The summed E-state index contributed by atoms with van der Waals surface area (Å²) in [5, 5.41) is 4.50. The molecule has 0 unspecified atom stereocenters. The molecule has 2 aromatic carbocycles. The summed E-state index contributed by atoms with van der Waals surface area (Å²) >= 11 is 0. The highest BCUT2D eigenvalue weighted by Gasteiger charge is 2.06. The Balaban J connectivity index is 2.08. The third-order valence-corrected chi connectivity index (χ3v) is 3.44. The van der Waals surface area contributed by atoms with E-state index in [1.807, 2.05) is 12.1 Å². The Morgan fingerprint density at radius 2 is 1.90 bits per heavy atom. The zero-order valence-electron chi connectivity index (χ0n) is 11.7. The van der Waals surface area contributed by atoms with Crippen LogP contribution in [-0.2, 0) is 6.42 Å². The van der Waals surface area contributed by atoms with Crippen molar-refractivity contribution in [2.45, 2.75) is 20.3 Å². The van der Waals surface area contributed by atoms with E-state index >= 15 is 0 Å². The Morgan fingerprint density at radius 1 is 1.05 bits per heavy atom. The average molecular weight is 263 g/mol. The fourth-order valence-corrected chi connectivity index (χ4v) is 2.35. The smallest absolute Gasteiger partial charge is 0.141 e. The van der Waals surface area contributed by atoms with Gasteiger partial charge in [-0.15, -0.1) is 0 Å². The maximum atomic E-state index is 4.40. The van der Waals surface area contributed by atoms with Crippen molar-refractivity contribution < 1.29 is 0 Å². The van der Waals surface area contributed by atoms with Crippen LogP contribution < -0.4 is 5.32 Å². The molecule has 100 valence electrons. The third-order valence-electron chi connectivity index (χ3n) is 3.44. The predicted octanol–water partition coefficient (Wildman–Crippen LogP) is 4.24. The lowest BCUT2D eigenvalue weighted by atomic mass is 10.1. The minimum Gasteiger partial charge on any atom is -0.339 e. The van der Waals surface area contributed by atoms with E-state index in [-0.39, 0.29) is 0 Å². The highest BCUT2D eigenvalue weighted by atomic mass is 15.0. The highest BCUT2D eigenvalue weighted by molar-refractivity contribution is 5.91. The van der Waals surface area contributed by atoms with E-state index in [1.54, 1.807) is 6.33 Å². The van der Waals surface area contributed by atoms with Gasteiger partial charge in [-0.2, -0.15) is 0 Å². The van der Waals surface area contributed by atoms with Crippen LogP contribution in [0.25, 0.3) is 10.9 Å². The molecule has 3 aromatic rings. The van der Waals surface area contributed by atoms with E-state index in [0.717, 1.165) is 28.8 Å². The van der Waals surface area contributed by atoms with Crippen molar-refractivity contribution >= 4 is 22.4 Å². The maximum Gasteiger partial charge on any atom is 0.141 e. The summed E-state index contributed by atoms with van der Waals surface area (Å²) in [5.41, 5.74) is 4.56. The summed E-state index contributed by atoms with van der Waals surface area (Å²) in [7, 11) is 0. The van der Waals surface area contributed by atoms with Crippen molar-refractivity contribution in [3.05, 3.63) is 59.9 Å². The van der Waals surface area contributed by atoms with Crippen molar-refractivity contribution in [3.8, 4) is 0 Å². The summed E-state index contributed by atoms with van der Waals surface area (Å²) in [6, 6.07) is 14.5. The van der Waals surface area contributed by atoms with E-state index in [1.165, 1.54) is 11.1 Å². The fraction of sp³-hybridized carbons (Fsp3) is 0.176. The van der Waals surface area contributed by atoms with Gasteiger partial charge in [-0.25, -0.2) is 9.97 Å². The second kappa shape index (κ2) is 5.29. The topological polar surface area (TPSA) is 37.8 Å². The zero-order chi connectivity index (χ0) is 13.9. The SMILES string of the molecule is CCc1ccccc1Nc1ncnc2ccc(C)cc12. The first-order valence-electron chi connectivity index (χ1n) is 6.84. The number of hydrogen-bond donors (Lipinski definition) is 1. The molecule has 0 aliphatic carbocycles. The van der Waals surface area contributed by atoms with Gasteiger partial charge in [0, 0.05) is 11.1 Å². The van der Waals surface area contributed by atoms with Gasteiger partial charge in [-0.1, -0.05) is 36.8 Å². The quantitative estimate of drug-likeness (QED) is 0.768. The zero-order valence-corrected chi connectivity index (χ0v) is 11.7. The Bertz CT molecular complexity index is 750. The van der Waals surface area contributed by atoms with Gasteiger partial charge < -0.3 is 5.32 Å². The van der Waals surface area contributed by atoms with Gasteiger partial charge in [-0.05, 0) is 37.1 Å².